The molecule has 3 amide bonds. The topological polar surface area (TPSA) is 90.9 Å². The van der Waals surface area contributed by atoms with Gasteiger partial charge < -0.3 is 10.6 Å². The Morgan fingerprint density at radius 1 is 1.03 bits per heavy atom. The molecule has 0 bridgehead atoms. The van der Waals surface area contributed by atoms with Crippen LogP contribution in [0.25, 0.3) is 0 Å². The van der Waals surface area contributed by atoms with Crippen molar-refractivity contribution in [3.05, 3.63) is 69.6 Å². The van der Waals surface area contributed by atoms with Crippen molar-refractivity contribution in [2.45, 2.75) is 0 Å². The fourth-order valence-corrected chi connectivity index (χ4v) is 4.37. The maximum Gasteiger partial charge on any atom is 0.263 e. The molecule has 11 heteroatoms. The number of amidine groups is 1. The lowest BCUT2D eigenvalue weighted by Gasteiger charge is -2.31. The molecule has 31 heavy (non-hydrogen) atoms. The van der Waals surface area contributed by atoms with Gasteiger partial charge in [-0.3, -0.25) is 19.3 Å². The number of carbonyl (C=O) groups excluding carboxylic acids is 3. The van der Waals surface area contributed by atoms with E-state index in [4.69, 9.17) is 35.4 Å². The van der Waals surface area contributed by atoms with E-state index in [2.05, 4.69) is 15.6 Å². The van der Waals surface area contributed by atoms with Crippen LogP contribution >= 0.6 is 47.2 Å². The lowest BCUT2D eigenvalue weighted by molar-refractivity contribution is -0.131. The number of nitrogens with zero attached hydrogens (tertiary/aromatic N) is 2. The van der Waals surface area contributed by atoms with Gasteiger partial charge in [-0.15, -0.1) is 0 Å². The molecule has 1 atom stereocenters. The van der Waals surface area contributed by atoms with Crippen LogP contribution in [0.15, 0.2) is 64.5 Å². The Hall–Kier alpha value is -2.72. The second-order valence-electron chi connectivity index (χ2n) is 6.36. The third kappa shape index (κ3) is 4.35. The van der Waals surface area contributed by atoms with E-state index in [0.717, 1.165) is 11.8 Å². The quantitative estimate of drug-likeness (QED) is 0.388. The highest BCUT2D eigenvalue weighted by atomic mass is 35.5. The van der Waals surface area contributed by atoms with Gasteiger partial charge in [-0.25, -0.2) is 4.99 Å². The predicted molar refractivity (Wildman–Crippen MR) is 126 cm³/mol. The number of hydrogen-bond acceptors (Lipinski definition) is 6. The van der Waals surface area contributed by atoms with Crippen LogP contribution in [0.2, 0.25) is 10.0 Å². The average molecular weight is 491 g/mol. The molecule has 7 nitrogen and oxygen atoms in total. The summed E-state index contributed by atoms with van der Waals surface area (Å²) in [6.07, 6.45) is 1.30. The molecule has 2 aliphatic rings. The number of amides is 3. The van der Waals surface area contributed by atoms with Gasteiger partial charge in [-0.05, 0) is 54.3 Å². The maximum atomic E-state index is 13.0. The molecule has 0 radical (unpaired) electrons. The lowest BCUT2D eigenvalue weighted by Crippen LogP contribution is -2.57. The summed E-state index contributed by atoms with van der Waals surface area (Å²) in [6, 6.07) is 13.6. The molecule has 2 saturated heterocycles. The molecule has 2 N–H and O–H groups in total. The second-order valence-corrected chi connectivity index (χ2v) is 8.56. The zero-order valence-electron chi connectivity index (χ0n) is 15.5. The van der Waals surface area contributed by atoms with Gasteiger partial charge in [-0.1, -0.05) is 47.5 Å². The Balaban J connectivity index is 1.61. The summed E-state index contributed by atoms with van der Waals surface area (Å²) in [5.41, 5.74) is 0.896. The first-order valence-electron chi connectivity index (χ1n) is 8.82. The van der Waals surface area contributed by atoms with E-state index >= 15 is 0 Å². The van der Waals surface area contributed by atoms with Gasteiger partial charge in [0.05, 0.1) is 26.3 Å². The van der Waals surface area contributed by atoms with Crippen molar-refractivity contribution in [2.75, 3.05) is 4.90 Å². The fraction of sp³-hybridized carbons (Fsp3) is 0.0500. The minimum Gasteiger partial charge on any atom is -0.301 e. The molecule has 0 aromatic heterocycles. The Labute approximate surface area is 196 Å². The molecule has 156 valence electrons. The standard InChI is InChI=1S/C20H12Cl2N4O3S2/c21-12-7-4-8-13(15(12)22)23-19-24-17(28)14(31-19)9-11-16(27)25-20(30)26(18(11)29)10-5-2-1-3-6-10/h1-9,11H,(H,23,24,28)(H,25,27,30)/b14-9-/t11-/m0/s1. The molecular weight excluding hydrogens is 479 g/mol. The Bertz CT molecular complexity index is 1180. The maximum absolute atomic E-state index is 13.0. The monoisotopic (exact) mass is 490 g/mol. The van der Waals surface area contributed by atoms with Crippen LogP contribution in [0.4, 0.5) is 11.4 Å². The second kappa shape index (κ2) is 8.80. The zero-order chi connectivity index (χ0) is 22.1. The Morgan fingerprint density at radius 3 is 2.52 bits per heavy atom. The molecule has 0 unspecified atom stereocenters. The molecule has 2 aromatic carbocycles. The molecule has 0 aliphatic carbocycles. The number of aliphatic imine (C=N–C) groups is 1. The summed E-state index contributed by atoms with van der Waals surface area (Å²) in [5.74, 6) is -2.87. The Morgan fingerprint density at radius 2 is 1.77 bits per heavy atom. The van der Waals surface area contributed by atoms with Crippen LogP contribution in [0.3, 0.4) is 0 Å². The van der Waals surface area contributed by atoms with Crippen molar-refractivity contribution in [3.8, 4) is 0 Å². The first-order chi connectivity index (χ1) is 14.8. The van der Waals surface area contributed by atoms with Crippen molar-refractivity contribution in [1.29, 1.82) is 0 Å². The van der Waals surface area contributed by atoms with Crippen LogP contribution < -0.4 is 15.5 Å². The molecule has 0 spiro atoms. The molecule has 4 rings (SSSR count). The number of thioether (sulfide) groups is 1. The third-order valence-corrected chi connectivity index (χ3v) is 6.36. The minimum absolute atomic E-state index is 0.0165. The van der Waals surface area contributed by atoms with E-state index in [9.17, 15) is 14.4 Å². The van der Waals surface area contributed by atoms with Gasteiger partial charge >= 0.3 is 0 Å². The third-order valence-electron chi connectivity index (χ3n) is 4.34. The van der Waals surface area contributed by atoms with Gasteiger partial charge in [0, 0.05) is 0 Å². The number of carbonyl (C=O) groups is 3. The number of para-hydroxylation sites is 1. The number of anilines is 1. The highest BCUT2D eigenvalue weighted by Gasteiger charge is 2.39. The van der Waals surface area contributed by atoms with Crippen LogP contribution in [-0.4, -0.2) is 28.0 Å². The van der Waals surface area contributed by atoms with Gasteiger partial charge in [0.25, 0.3) is 5.91 Å². The summed E-state index contributed by atoms with van der Waals surface area (Å²) in [7, 11) is 0. The first kappa shape index (κ1) is 21.5. The summed E-state index contributed by atoms with van der Waals surface area (Å²) in [5, 5.41) is 5.91. The van der Waals surface area contributed by atoms with E-state index in [-0.39, 0.29) is 20.2 Å². The number of nitrogens with one attached hydrogen (secondary N) is 2. The first-order valence-corrected chi connectivity index (χ1v) is 10.8. The number of benzene rings is 2. The summed E-state index contributed by atoms with van der Waals surface area (Å²) in [4.78, 5) is 43.6. The minimum atomic E-state index is -1.23. The molecule has 2 fully saturated rings. The lowest BCUT2D eigenvalue weighted by atomic mass is 10.0. The van der Waals surface area contributed by atoms with Crippen molar-refractivity contribution < 1.29 is 14.4 Å². The number of hydrogen-bond donors (Lipinski definition) is 2. The van der Waals surface area contributed by atoms with Crippen LogP contribution in [0, 0.1) is 5.92 Å². The van der Waals surface area contributed by atoms with Crippen molar-refractivity contribution >= 4 is 86.6 Å². The predicted octanol–water partition coefficient (Wildman–Crippen LogP) is 3.79. The molecular formula is C20H12Cl2N4O3S2. The van der Waals surface area contributed by atoms with Gasteiger partial charge in [0.1, 0.15) is 5.92 Å². The van der Waals surface area contributed by atoms with E-state index in [1.54, 1.807) is 48.5 Å². The van der Waals surface area contributed by atoms with Crippen molar-refractivity contribution in [1.82, 2.24) is 10.6 Å². The average Bonchev–Trinajstić information content (AvgIpc) is 3.08. The molecule has 2 aliphatic heterocycles. The molecule has 0 saturated carbocycles. The zero-order valence-corrected chi connectivity index (χ0v) is 18.6. The normalized spacial score (nSPS) is 21.6. The fourth-order valence-electron chi connectivity index (χ4n) is 2.89. The van der Waals surface area contributed by atoms with Crippen LogP contribution in [-0.2, 0) is 14.4 Å². The Kier molecular flexibility index (Phi) is 6.10. The van der Waals surface area contributed by atoms with Crippen molar-refractivity contribution in [2.24, 2.45) is 10.9 Å². The number of rotatable bonds is 3. The largest absolute Gasteiger partial charge is 0.301 e. The smallest absolute Gasteiger partial charge is 0.263 e. The molecule has 2 aromatic rings. The highest BCUT2D eigenvalue weighted by Crippen LogP contribution is 2.34. The van der Waals surface area contributed by atoms with Crippen molar-refractivity contribution in [3.63, 3.8) is 0 Å². The highest BCUT2D eigenvalue weighted by molar-refractivity contribution is 8.18. The SMILES string of the molecule is O=C1NC(=Nc2cccc(Cl)c2Cl)S/C1=C\[C@H]1C(=O)NC(=S)N(c2ccccc2)C1=O. The molecule has 2 heterocycles. The summed E-state index contributed by atoms with van der Waals surface area (Å²) < 4.78 is 0. The summed E-state index contributed by atoms with van der Waals surface area (Å²) >= 11 is 18.3. The van der Waals surface area contributed by atoms with E-state index < -0.39 is 23.6 Å². The number of thiocarbonyl (C=S) groups is 1. The van der Waals surface area contributed by atoms with Gasteiger partial charge in [0.2, 0.25) is 11.8 Å². The van der Waals surface area contributed by atoms with Gasteiger partial charge in [-0.2, -0.15) is 0 Å². The van der Waals surface area contributed by atoms with E-state index in [1.165, 1.54) is 11.0 Å². The van der Waals surface area contributed by atoms with Crippen LogP contribution in [0.5, 0.6) is 0 Å². The van der Waals surface area contributed by atoms with E-state index in [1.807, 2.05) is 0 Å². The number of halogens is 2. The van der Waals surface area contributed by atoms with E-state index in [0.29, 0.717) is 16.4 Å². The van der Waals surface area contributed by atoms with Gasteiger partial charge in [0.15, 0.2) is 10.3 Å². The summed E-state index contributed by atoms with van der Waals surface area (Å²) in [6.45, 7) is 0. The van der Waals surface area contributed by atoms with Crippen LogP contribution in [0.1, 0.15) is 0 Å².